The smallest absolute Gasteiger partial charge is 0.305 e. The Bertz CT molecular complexity index is 282. The first kappa shape index (κ1) is 21.2. The van der Waals surface area contributed by atoms with Crippen LogP contribution in [0.2, 0.25) is 0 Å². The van der Waals surface area contributed by atoms with Crippen molar-refractivity contribution in [1.29, 1.82) is 0 Å². The first-order valence-electron chi connectivity index (χ1n) is 8.58. The number of rotatable bonds is 15. The summed E-state index contributed by atoms with van der Waals surface area (Å²) in [6, 6.07) is 0. The van der Waals surface area contributed by atoms with Gasteiger partial charge in [-0.25, -0.2) is 0 Å². The molecule has 0 atom stereocenters. The SMILES string of the molecule is CCCCCOC(=O)CCCCC(=O)OCCCCCCCl. The van der Waals surface area contributed by atoms with Gasteiger partial charge in [0.05, 0.1) is 13.2 Å². The van der Waals surface area contributed by atoms with Gasteiger partial charge in [-0.05, 0) is 32.1 Å². The molecule has 4 nitrogen and oxygen atoms in total. The number of carbonyl (C=O) groups is 2. The highest BCUT2D eigenvalue weighted by Gasteiger charge is 2.06. The Balaban J connectivity index is 3.32. The molecule has 0 heterocycles. The molecule has 0 fully saturated rings. The molecular weight excluding hydrogens is 304 g/mol. The molecule has 0 N–H and O–H groups in total. The van der Waals surface area contributed by atoms with Gasteiger partial charge in [0.25, 0.3) is 0 Å². The standard InChI is InChI=1S/C17H31ClO4/c1-2-3-9-14-21-16(19)11-6-7-12-17(20)22-15-10-5-4-8-13-18/h2-15H2,1H3. The van der Waals surface area contributed by atoms with E-state index in [9.17, 15) is 9.59 Å². The summed E-state index contributed by atoms with van der Waals surface area (Å²) >= 11 is 5.58. The van der Waals surface area contributed by atoms with Crippen molar-refractivity contribution < 1.29 is 19.1 Å². The van der Waals surface area contributed by atoms with Crippen LogP contribution in [0.3, 0.4) is 0 Å². The third kappa shape index (κ3) is 15.6. The van der Waals surface area contributed by atoms with Crippen LogP contribution in [0.5, 0.6) is 0 Å². The van der Waals surface area contributed by atoms with Crippen molar-refractivity contribution >= 4 is 23.5 Å². The summed E-state index contributed by atoms with van der Waals surface area (Å²) in [6.45, 7) is 3.11. The normalized spacial score (nSPS) is 10.5. The van der Waals surface area contributed by atoms with Crippen LogP contribution < -0.4 is 0 Å². The van der Waals surface area contributed by atoms with Gasteiger partial charge in [-0.1, -0.05) is 32.6 Å². The molecule has 0 unspecified atom stereocenters. The van der Waals surface area contributed by atoms with E-state index in [1.54, 1.807) is 0 Å². The molecule has 0 amide bonds. The predicted octanol–water partition coefficient (Wildman–Crippen LogP) is 4.62. The summed E-state index contributed by atoms with van der Waals surface area (Å²) in [7, 11) is 0. The van der Waals surface area contributed by atoms with E-state index in [4.69, 9.17) is 21.1 Å². The van der Waals surface area contributed by atoms with Gasteiger partial charge in [-0.2, -0.15) is 0 Å². The minimum Gasteiger partial charge on any atom is -0.466 e. The van der Waals surface area contributed by atoms with Gasteiger partial charge in [-0.15, -0.1) is 11.6 Å². The molecule has 0 bridgehead atoms. The maximum absolute atomic E-state index is 11.5. The number of unbranched alkanes of at least 4 members (excludes halogenated alkanes) is 6. The number of halogens is 1. The predicted molar refractivity (Wildman–Crippen MR) is 89.1 cm³/mol. The molecule has 0 aliphatic carbocycles. The number of hydrogen-bond acceptors (Lipinski definition) is 4. The van der Waals surface area contributed by atoms with Crippen molar-refractivity contribution in [1.82, 2.24) is 0 Å². The van der Waals surface area contributed by atoms with E-state index in [2.05, 4.69) is 6.92 Å². The van der Waals surface area contributed by atoms with Crippen molar-refractivity contribution in [2.45, 2.75) is 77.6 Å². The molecule has 0 saturated carbocycles. The van der Waals surface area contributed by atoms with Crippen LogP contribution in [-0.4, -0.2) is 31.0 Å². The van der Waals surface area contributed by atoms with Crippen molar-refractivity contribution in [3.8, 4) is 0 Å². The van der Waals surface area contributed by atoms with Crippen LogP contribution in [0.1, 0.15) is 77.6 Å². The Kier molecular flexibility index (Phi) is 16.0. The second kappa shape index (κ2) is 16.6. The minimum absolute atomic E-state index is 0.163. The summed E-state index contributed by atoms with van der Waals surface area (Å²) in [5.74, 6) is 0.360. The van der Waals surface area contributed by atoms with Crippen molar-refractivity contribution in [3.63, 3.8) is 0 Å². The molecule has 0 aromatic rings. The lowest BCUT2D eigenvalue weighted by molar-refractivity contribution is -0.146. The molecule has 130 valence electrons. The fraction of sp³-hybridized carbons (Fsp3) is 0.882. The Morgan fingerprint density at radius 3 is 1.73 bits per heavy atom. The lowest BCUT2D eigenvalue weighted by Gasteiger charge is -2.05. The molecule has 0 saturated heterocycles. The van der Waals surface area contributed by atoms with Crippen LogP contribution in [0.25, 0.3) is 0 Å². The Morgan fingerprint density at radius 2 is 1.23 bits per heavy atom. The van der Waals surface area contributed by atoms with Gasteiger partial charge >= 0.3 is 11.9 Å². The van der Waals surface area contributed by atoms with Gasteiger partial charge in [0.1, 0.15) is 0 Å². The summed E-state index contributed by atoms with van der Waals surface area (Å²) < 4.78 is 10.2. The largest absolute Gasteiger partial charge is 0.466 e. The monoisotopic (exact) mass is 334 g/mol. The van der Waals surface area contributed by atoms with E-state index in [1.807, 2.05) is 0 Å². The topological polar surface area (TPSA) is 52.6 Å². The lowest BCUT2D eigenvalue weighted by atomic mass is 10.2. The number of alkyl halides is 1. The highest BCUT2D eigenvalue weighted by molar-refractivity contribution is 6.17. The van der Waals surface area contributed by atoms with Crippen molar-refractivity contribution in [2.75, 3.05) is 19.1 Å². The third-order valence-corrected chi connectivity index (χ3v) is 3.58. The zero-order valence-corrected chi connectivity index (χ0v) is 14.7. The third-order valence-electron chi connectivity index (χ3n) is 3.31. The molecule has 0 spiro atoms. The van der Waals surface area contributed by atoms with Gasteiger partial charge in [0, 0.05) is 18.7 Å². The van der Waals surface area contributed by atoms with E-state index in [1.165, 1.54) is 0 Å². The average molecular weight is 335 g/mol. The first-order valence-corrected chi connectivity index (χ1v) is 9.11. The average Bonchev–Trinajstić information content (AvgIpc) is 2.51. The fourth-order valence-corrected chi connectivity index (χ4v) is 2.15. The Morgan fingerprint density at radius 1 is 0.727 bits per heavy atom. The summed E-state index contributed by atoms with van der Waals surface area (Å²) in [4.78, 5) is 22.9. The Labute approximate surface area is 139 Å². The molecule has 5 heteroatoms. The molecule has 0 aromatic carbocycles. The number of ether oxygens (including phenoxy) is 2. The summed E-state index contributed by atoms with van der Waals surface area (Å²) in [5.41, 5.74) is 0. The van der Waals surface area contributed by atoms with E-state index in [-0.39, 0.29) is 11.9 Å². The Hall–Kier alpha value is -0.770. The van der Waals surface area contributed by atoms with E-state index >= 15 is 0 Å². The first-order chi connectivity index (χ1) is 10.7. The van der Waals surface area contributed by atoms with E-state index < -0.39 is 0 Å². The zero-order chi connectivity index (χ0) is 16.5. The number of esters is 2. The van der Waals surface area contributed by atoms with Crippen LogP contribution >= 0.6 is 11.6 Å². The van der Waals surface area contributed by atoms with Crippen LogP contribution in [0.15, 0.2) is 0 Å². The second-order valence-corrected chi connectivity index (χ2v) is 5.84. The van der Waals surface area contributed by atoms with Gasteiger partial charge in [0.15, 0.2) is 0 Å². The number of carbonyl (C=O) groups excluding carboxylic acids is 2. The van der Waals surface area contributed by atoms with Gasteiger partial charge in [-0.3, -0.25) is 9.59 Å². The maximum Gasteiger partial charge on any atom is 0.305 e. The van der Waals surface area contributed by atoms with Crippen molar-refractivity contribution in [2.24, 2.45) is 0 Å². The van der Waals surface area contributed by atoms with Gasteiger partial charge in [0.2, 0.25) is 0 Å². The lowest BCUT2D eigenvalue weighted by Crippen LogP contribution is -2.08. The molecule has 0 rings (SSSR count). The van der Waals surface area contributed by atoms with Crippen LogP contribution in [-0.2, 0) is 19.1 Å². The van der Waals surface area contributed by atoms with E-state index in [0.29, 0.717) is 44.8 Å². The molecule has 0 radical (unpaired) electrons. The molecular formula is C17H31ClO4. The van der Waals surface area contributed by atoms with Crippen molar-refractivity contribution in [3.05, 3.63) is 0 Å². The summed E-state index contributed by atoms with van der Waals surface area (Å²) in [5, 5.41) is 0. The second-order valence-electron chi connectivity index (χ2n) is 5.46. The zero-order valence-electron chi connectivity index (χ0n) is 13.9. The summed E-state index contributed by atoms with van der Waals surface area (Å²) in [6.07, 6.45) is 9.30. The maximum atomic E-state index is 11.5. The number of hydrogen-bond donors (Lipinski definition) is 0. The molecule has 0 aromatic heterocycles. The molecule has 0 aliphatic rings. The van der Waals surface area contributed by atoms with E-state index in [0.717, 1.165) is 44.9 Å². The molecule has 0 aliphatic heterocycles. The minimum atomic E-state index is -0.173. The van der Waals surface area contributed by atoms with Crippen LogP contribution in [0, 0.1) is 0 Å². The fourth-order valence-electron chi connectivity index (χ4n) is 1.96. The highest BCUT2D eigenvalue weighted by atomic mass is 35.5. The molecule has 22 heavy (non-hydrogen) atoms. The quantitative estimate of drug-likeness (QED) is 0.249. The highest BCUT2D eigenvalue weighted by Crippen LogP contribution is 2.05. The van der Waals surface area contributed by atoms with Crippen LogP contribution in [0.4, 0.5) is 0 Å². The van der Waals surface area contributed by atoms with Gasteiger partial charge < -0.3 is 9.47 Å².